The normalized spacial score (nSPS) is 16.4. The molecular formula is C22H25N3O2. The molecule has 140 valence electrons. The van der Waals surface area contributed by atoms with Crippen LogP contribution in [0.4, 0.5) is 4.79 Å². The number of rotatable bonds is 3. The van der Waals surface area contributed by atoms with Gasteiger partial charge in [0.05, 0.1) is 13.2 Å². The Morgan fingerprint density at radius 2 is 1.93 bits per heavy atom. The maximum atomic E-state index is 12.9. The lowest BCUT2D eigenvalue weighted by atomic mass is 9.92. The van der Waals surface area contributed by atoms with Gasteiger partial charge in [-0.05, 0) is 49.6 Å². The van der Waals surface area contributed by atoms with E-state index in [0.29, 0.717) is 6.54 Å². The lowest BCUT2D eigenvalue weighted by molar-refractivity contribution is 0.177. The van der Waals surface area contributed by atoms with Gasteiger partial charge in [-0.25, -0.2) is 4.79 Å². The van der Waals surface area contributed by atoms with Gasteiger partial charge in [0, 0.05) is 29.2 Å². The van der Waals surface area contributed by atoms with Gasteiger partial charge in [0.1, 0.15) is 5.75 Å². The number of nitrogens with one attached hydrogen (secondary N) is 2. The van der Waals surface area contributed by atoms with Crippen molar-refractivity contribution in [2.75, 3.05) is 13.7 Å². The summed E-state index contributed by atoms with van der Waals surface area (Å²) in [5.74, 6) is 0.810. The van der Waals surface area contributed by atoms with Crippen molar-refractivity contribution >= 4 is 16.9 Å². The zero-order chi connectivity index (χ0) is 19.0. The predicted octanol–water partition coefficient (Wildman–Crippen LogP) is 4.24. The van der Waals surface area contributed by atoms with Crippen LogP contribution in [0.5, 0.6) is 5.75 Å². The van der Waals surface area contributed by atoms with E-state index in [4.69, 9.17) is 4.74 Å². The molecule has 2 heterocycles. The quantitative estimate of drug-likeness (QED) is 0.731. The third-order valence-corrected chi connectivity index (χ3v) is 5.14. The van der Waals surface area contributed by atoms with E-state index in [1.165, 1.54) is 10.9 Å². The maximum Gasteiger partial charge on any atom is 0.318 e. The minimum absolute atomic E-state index is 0.0323. The summed E-state index contributed by atoms with van der Waals surface area (Å²) in [5, 5.41) is 4.29. The molecule has 0 spiro atoms. The molecule has 2 N–H and O–H groups in total. The zero-order valence-electron chi connectivity index (χ0n) is 16.0. The second kappa shape index (κ2) is 6.99. The summed E-state index contributed by atoms with van der Waals surface area (Å²) in [7, 11) is 1.66. The van der Waals surface area contributed by atoms with Crippen LogP contribution in [0.15, 0.2) is 48.5 Å². The number of para-hydroxylation sites is 1. The van der Waals surface area contributed by atoms with Gasteiger partial charge < -0.3 is 19.9 Å². The molecule has 0 aliphatic carbocycles. The number of hydrogen-bond donors (Lipinski definition) is 2. The van der Waals surface area contributed by atoms with Crippen LogP contribution in [0.3, 0.4) is 0 Å². The SMILES string of the molecule is COc1ccc(C2c3[nH]c4ccccc4c3CCN2C(=O)NC(C)C)cc1. The van der Waals surface area contributed by atoms with Crippen LogP contribution in [0.1, 0.15) is 36.7 Å². The number of methoxy groups -OCH3 is 1. The number of aromatic amines is 1. The van der Waals surface area contributed by atoms with Crippen molar-refractivity contribution in [1.82, 2.24) is 15.2 Å². The molecule has 0 radical (unpaired) electrons. The molecule has 1 aliphatic rings. The van der Waals surface area contributed by atoms with Crippen molar-refractivity contribution in [1.29, 1.82) is 0 Å². The average Bonchev–Trinajstić information content (AvgIpc) is 3.05. The molecule has 0 saturated heterocycles. The van der Waals surface area contributed by atoms with Crippen LogP contribution in [0.25, 0.3) is 10.9 Å². The number of amides is 2. The first-order valence-corrected chi connectivity index (χ1v) is 9.39. The predicted molar refractivity (Wildman–Crippen MR) is 107 cm³/mol. The highest BCUT2D eigenvalue weighted by Gasteiger charge is 2.34. The van der Waals surface area contributed by atoms with E-state index in [-0.39, 0.29) is 18.1 Å². The smallest absolute Gasteiger partial charge is 0.318 e. The lowest BCUT2D eigenvalue weighted by Crippen LogP contribution is -2.47. The number of carbonyl (C=O) groups is 1. The Kier molecular flexibility index (Phi) is 4.52. The van der Waals surface area contributed by atoms with Gasteiger partial charge in [-0.15, -0.1) is 0 Å². The number of carbonyl (C=O) groups excluding carboxylic acids is 1. The number of ether oxygens (including phenoxy) is 1. The van der Waals surface area contributed by atoms with Crippen molar-refractivity contribution < 1.29 is 9.53 Å². The van der Waals surface area contributed by atoms with Gasteiger partial charge >= 0.3 is 6.03 Å². The summed E-state index contributed by atoms with van der Waals surface area (Å²) in [6, 6.07) is 16.2. The molecule has 2 amide bonds. The Labute approximate surface area is 159 Å². The molecule has 2 aromatic carbocycles. The van der Waals surface area contributed by atoms with Crippen LogP contribution in [-0.4, -0.2) is 35.6 Å². The van der Waals surface area contributed by atoms with Gasteiger partial charge in [0.2, 0.25) is 0 Å². The van der Waals surface area contributed by atoms with E-state index in [2.05, 4.69) is 28.5 Å². The van der Waals surface area contributed by atoms with Crippen molar-refractivity contribution in [2.24, 2.45) is 0 Å². The molecule has 1 aliphatic heterocycles. The summed E-state index contributed by atoms with van der Waals surface area (Å²) >= 11 is 0. The number of fused-ring (bicyclic) bond motifs is 3. The largest absolute Gasteiger partial charge is 0.497 e. The molecule has 27 heavy (non-hydrogen) atoms. The van der Waals surface area contributed by atoms with Crippen molar-refractivity contribution in [3.05, 3.63) is 65.4 Å². The zero-order valence-corrected chi connectivity index (χ0v) is 16.0. The van der Waals surface area contributed by atoms with E-state index in [1.807, 2.05) is 49.1 Å². The van der Waals surface area contributed by atoms with Crippen molar-refractivity contribution in [2.45, 2.75) is 32.4 Å². The van der Waals surface area contributed by atoms with Crippen LogP contribution in [0.2, 0.25) is 0 Å². The number of nitrogens with zero attached hydrogens (tertiary/aromatic N) is 1. The van der Waals surface area contributed by atoms with Gasteiger partial charge in [0.15, 0.2) is 0 Å². The monoisotopic (exact) mass is 363 g/mol. The van der Waals surface area contributed by atoms with Crippen LogP contribution >= 0.6 is 0 Å². The van der Waals surface area contributed by atoms with E-state index in [0.717, 1.165) is 28.9 Å². The average molecular weight is 363 g/mol. The standard InChI is InChI=1S/C22H25N3O2/c1-14(2)23-22(26)25-13-12-18-17-6-4-5-7-19(17)24-20(18)21(25)15-8-10-16(27-3)11-9-15/h4-11,14,21,24H,12-13H2,1-3H3,(H,23,26). The number of aromatic nitrogens is 1. The second-order valence-electron chi connectivity index (χ2n) is 7.29. The minimum Gasteiger partial charge on any atom is -0.497 e. The fraction of sp³-hybridized carbons (Fsp3) is 0.318. The summed E-state index contributed by atoms with van der Waals surface area (Å²) in [5.41, 5.74) is 4.60. The number of hydrogen-bond acceptors (Lipinski definition) is 2. The molecule has 1 atom stereocenters. The molecular weight excluding hydrogens is 338 g/mol. The fourth-order valence-corrected chi connectivity index (χ4v) is 3.92. The van der Waals surface area contributed by atoms with E-state index < -0.39 is 0 Å². The van der Waals surface area contributed by atoms with Crippen LogP contribution in [0, 0.1) is 0 Å². The van der Waals surface area contributed by atoms with Crippen molar-refractivity contribution in [3.63, 3.8) is 0 Å². The number of benzene rings is 2. The lowest BCUT2D eigenvalue weighted by Gasteiger charge is -2.36. The highest BCUT2D eigenvalue weighted by molar-refractivity contribution is 5.86. The topological polar surface area (TPSA) is 57.4 Å². The molecule has 1 aromatic heterocycles. The Morgan fingerprint density at radius 3 is 2.63 bits per heavy atom. The Balaban J connectivity index is 1.83. The van der Waals surface area contributed by atoms with Gasteiger partial charge in [0.25, 0.3) is 0 Å². The molecule has 0 bridgehead atoms. The molecule has 5 nitrogen and oxygen atoms in total. The van der Waals surface area contributed by atoms with Crippen LogP contribution < -0.4 is 10.1 Å². The van der Waals surface area contributed by atoms with Gasteiger partial charge in [-0.2, -0.15) is 0 Å². The highest BCUT2D eigenvalue weighted by atomic mass is 16.5. The Morgan fingerprint density at radius 1 is 1.19 bits per heavy atom. The molecule has 4 rings (SSSR count). The molecule has 1 unspecified atom stereocenters. The summed E-state index contributed by atoms with van der Waals surface area (Å²) < 4.78 is 5.30. The Hall–Kier alpha value is -2.95. The van der Waals surface area contributed by atoms with E-state index >= 15 is 0 Å². The molecule has 0 saturated carbocycles. The van der Waals surface area contributed by atoms with E-state index in [9.17, 15) is 4.79 Å². The van der Waals surface area contributed by atoms with Gasteiger partial charge in [-0.1, -0.05) is 30.3 Å². The molecule has 5 heteroatoms. The fourth-order valence-electron chi connectivity index (χ4n) is 3.92. The second-order valence-corrected chi connectivity index (χ2v) is 7.29. The maximum absolute atomic E-state index is 12.9. The first-order valence-electron chi connectivity index (χ1n) is 9.39. The van der Waals surface area contributed by atoms with E-state index in [1.54, 1.807) is 7.11 Å². The minimum atomic E-state index is -0.147. The number of urea groups is 1. The number of H-pyrrole nitrogens is 1. The summed E-state index contributed by atoms with van der Waals surface area (Å²) in [6.45, 7) is 4.65. The third-order valence-electron chi connectivity index (χ3n) is 5.14. The summed E-state index contributed by atoms with van der Waals surface area (Å²) in [6.07, 6.45) is 0.845. The molecule has 3 aromatic rings. The first-order chi connectivity index (χ1) is 13.1. The molecule has 0 fully saturated rings. The Bertz CT molecular complexity index is 959. The highest BCUT2D eigenvalue weighted by Crippen LogP contribution is 2.38. The van der Waals surface area contributed by atoms with Crippen LogP contribution in [-0.2, 0) is 6.42 Å². The first kappa shape index (κ1) is 17.5. The van der Waals surface area contributed by atoms with Gasteiger partial charge in [-0.3, -0.25) is 0 Å². The summed E-state index contributed by atoms with van der Waals surface area (Å²) in [4.78, 5) is 18.4. The third kappa shape index (κ3) is 3.14. The van der Waals surface area contributed by atoms with Crippen molar-refractivity contribution in [3.8, 4) is 5.75 Å².